The number of ketones is 1. The first kappa shape index (κ1) is 10.2. The van der Waals surface area contributed by atoms with Crippen LogP contribution in [0.3, 0.4) is 0 Å². The van der Waals surface area contributed by atoms with Gasteiger partial charge in [-0.05, 0) is 56.3 Å². The predicted molar refractivity (Wildman–Crippen MR) is 58.0 cm³/mol. The third-order valence-corrected chi connectivity index (χ3v) is 4.72. The molecule has 2 saturated carbocycles. The van der Waals surface area contributed by atoms with Crippen molar-refractivity contribution in [1.29, 1.82) is 0 Å². The Morgan fingerprint density at radius 2 is 1.93 bits per heavy atom. The zero-order valence-electron chi connectivity index (χ0n) is 9.68. The monoisotopic (exact) mass is 194 g/mol. The standard InChI is InChI=1S/C13H22O/c1-9(14)10-4-5-12-11(8-10)6-7-13(12,2)3/h10-12H,4-8H2,1-3H3. The van der Waals surface area contributed by atoms with E-state index in [1.54, 1.807) is 6.92 Å². The van der Waals surface area contributed by atoms with Crippen LogP contribution in [0.15, 0.2) is 0 Å². The summed E-state index contributed by atoms with van der Waals surface area (Å²) < 4.78 is 0. The number of hydrogen-bond acceptors (Lipinski definition) is 1. The molecule has 0 N–H and O–H groups in total. The second-order valence-electron chi connectivity index (χ2n) is 6.01. The summed E-state index contributed by atoms with van der Waals surface area (Å²) in [5, 5.41) is 0. The summed E-state index contributed by atoms with van der Waals surface area (Å²) in [6.45, 7) is 6.59. The number of rotatable bonds is 1. The molecule has 0 spiro atoms. The van der Waals surface area contributed by atoms with Crippen LogP contribution in [0, 0.1) is 23.2 Å². The van der Waals surface area contributed by atoms with Crippen molar-refractivity contribution < 1.29 is 4.79 Å². The van der Waals surface area contributed by atoms with Gasteiger partial charge < -0.3 is 0 Å². The van der Waals surface area contributed by atoms with Crippen LogP contribution in [-0.2, 0) is 4.79 Å². The molecule has 0 saturated heterocycles. The summed E-state index contributed by atoms with van der Waals surface area (Å²) in [4.78, 5) is 11.3. The molecular weight excluding hydrogens is 172 g/mol. The van der Waals surface area contributed by atoms with Gasteiger partial charge in [-0.2, -0.15) is 0 Å². The van der Waals surface area contributed by atoms with Gasteiger partial charge in [0.25, 0.3) is 0 Å². The van der Waals surface area contributed by atoms with Gasteiger partial charge in [-0.15, -0.1) is 0 Å². The molecule has 80 valence electrons. The number of carbonyl (C=O) groups excluding carboxylic acids is 1. The summed E-state index contributed by atoms with van der Waals surface area (Å²) >= 11 is 0. The Morgan fingerprint density at radius 1 is 1.21 bits per heavy atom. The lowest BCUT2D eigenvalue weighted by Gasteiger charge is -2.37. The fourth-order valence-electron chi connectivity index (χ4n) is 3.72. The second-order valence-corrected chi connectivity index (χ2v) is 6.01. The first-order valence-corrected chi connectivity index (χ1v) is 6.01. The lowest BCUT2D eigenvalue weighted by atomic mass is 9.68. The van der Waals surface area contributed by atoms with E-state index < -0.39 is 0 Å². The van der Waals surface area contributed by atoms with Crippen LogP contribution >= 0.6 is 0 Å². The quantitative estimate of drug-likeness (QED) is 0.625. The van der Waals surface area contributed by atoms with Gasteiger partial charge in [-0.3, -0.25) is 4.79 Å². The Morgan fingerprint density at radius 3 is 2.57 bits per heavy atom. The Bertz CT molecular complexity index is 242. The van der Waals surface area contributed by atoms with Crippen LogP contribution in [0.2, 0.25) is 0 Å². The van der Waals surface area contributed by atoms with E-state index in [1.807, 2.05) is 0 Å². The van der Waals surface area contributed by atoms with Crippen molar-refractivity contribution in [3.8, 4) is 0 Å². The molecule has 3 atom stereocenters. The third kappa shape index (κ3) is 1.62. The fraction of sp³-hybridized carbons (Fsp3) is 0.923. The van der Waals surface area contributed by atoms with Gasteiger partial charge in [0.15, 0.2) is 0 Å². The van der Waals surface area contributed by atoms with Crippen LogP contribution in [0.1, 0.15) is 52.9 Å². The Hall–Kier alpha value is -0.330. The highest BCUT2D eigenvalue weighted by atomic mass is 16.1. The van der Waals surface area contributed by atoms with Crippen molar-refractivity contribution in [3.05, 3.63) is 0 Å². The normalized spacial score (nSPS) is 40.6. The average molecular weight is 194 g/mol. The molecule has 0 heterocycles. The highest BCUT2D eigenvalue weighted by molar-refractivity contribution is 5.78. The molecule has 0 aromatic rings. The predicted octanol–water partition coefficient (Wildman–Crippen LogP) is 3.43. The van der Waals surface area contributed by atoms with Crippen molar-refractivity contribution >= 4 is 5.78 Å². The summed E-state index contributed by atoms with van der Waals surface area (Å²) in [5.74, 6) is 2.57. The lowest BCUT2D eigenvalue weighted by molar-refractivity contribution is -0.122. The van der Waals surface area contributed by atoms with Gasteiger partial charge in [0.1, 0.15) is 5.78 Å². The maximum absolute atomic E-state index is 11.3. The molecule has 0 aromatic heterocycles. The summed E-state index contributed by atoms with van der Waals surface area (Å²) in [6, 6.07) is 0. The number of fused-ring (bicyclic) bond motifs is 1. The first-order valence-electron chi connectivity index (χ1n) is 6.01. The van der Waals surface area contributed by atoms with Gasteiger partial charge >= 0.3 is 0 Å². The topological polar surface area (TPSA) is 17.1 Å². The summed E-state index contributed by atoms with van der Waals surface area (Å²) in [7, 11) is 0. The van der Waals surface area contributed by atoms with Crippen LogP contribution < -0.4 is 0 Å². The van der Waals surface area contributed by atoms with E-state index in [2.05, 4.69) is 13.8 Å². The first-order chi connectivity index (χ1) is 6.50. The highest BCUT2D eigenvalue weighted by Gasteiger charge is 2.45. The fourth-order valence-corrected chi connectivity index (χ4v) is 3.72. The molecule has 1 heteroatoms. The van der Waals surface area contributed by atoms with Crippen molar-refractivity contribution in [1.82, 2.24) is 0 Å². The maximum atomic E-state index is 11.3. The Balaban J connectivity index is 2.05. The number of carbonyl (C=O) groups is 1. The number of Topliss-reactive ketones (excluding diaryl/α,β-unsaturated/α-hetero) is 1. The summed E-state index contributed by atoms with van der Waals surface area (Å²) in [5.41, 5.74) is 0.548. The van der Waals surface area contributed by atoms with Gasteiger partial charge in [-0.25, -0.2) is 0 Å². The molecule has 0 radical (unpaired) electrons. The Kier molecular flexibility index (Phi) is 2.45. The van der Waals surface area contributed by atoms with Crippen LogP contribution in [0.5, 0.6) is 0 Å². The third-order valence-electron chi connectivity index (χ3n) is 4.72. The minimum absolute atomic E-state index is 0.394. The minimum Gasteiger partial charge on any atom is -0.300 e. The molecule has 2 aliphatic rings. The zero-order valence-corrected chi connectivity index (χ0v) is 9.68. The smallest absolute Gasteiger partial charge is 0.132 e. The van der Waals surface area contributed by atoms with E-state index in [4.69, 9.17) is 0 Å². The van der Waals surface area contributed by atoms with Crippen molar-refractivity contribution in [2.75, 3.05) is 0 Å². The van der Waals surface area contributed by atoms with Crippen LogP contribution in [0.4, 0.5) is 0 Å². The van der Waals surface area contributed by atoms with Crippen molar-refractivity contribution in [2.45, 2.75) is 52.9 Å². The van der Waals surface area contributed by atoms with E-state index in [0.29, 0.717) is 17.1 Å². The molecule has 2 fully saturated rings. The lowest BCUT2D eigenvalue weighted by Crippen LogP contribution is -2.30. The largest absolute Gasteiger partial charge is 0.300 e. The van der Waals surface area contributed by atoms with E-state index in [1.165, 1.54) is 25.7 Å². The molecule has 0 bridgehead atoms. The van der Waals surface area contributed by atoms with Crippen LogP contribution in [-0.4, -0.2) is 5.78 Å². The van der Waals surface area contributed by atoms with Gasteiger partial charge in [0.05, 0.1) is 0 Å². The molecule has 2 rings (SSSR count). The van der Waals surface area contributed by atoms with E-state index in [9.17, 15) is 4.79 Å². The average Bonchev–Trinajstić information content (AvgIpc) is 2.42. The van der Waals surface area contributed by atoms with E-state index >= 15 is 0 Å². The van der Waals surface area contributed by atoms with E-state index in [-0.39, 0.29) is 0 Å². The Labute approximate surface area is 87.3 Å². The summed E-state index contributed by atoms with van der Waals surface area (Å²) in [6.07, 6.45) is 6.36. The molecule has 1 nitrogen and oxygen atoms in total. The van der Waals surface area contributed by atoms with Gasteiger partial charge in [0, 0.05) is 5.92 Å². The minimum atomic E-state index is 0.394. The van der Waals surface area contributed by atoms with Gasteiger partial charge in [-0.1, -0.05) is 13.8 Å². The second kappa shape index (κ2) is 3.36. The van der Waals surface area contributed by atoms with E-state index in [0.717, 1.165) is 18.3 Å². The molecule has 14 heavy (non-hydrogen) atoms. The molecule has 0 aromatic carbocycles. The van der Waals surface area contributed by atoms with Crippen molar-refractivity contribution in [2.24, 2.45) is 23.2 Å². The number of hydrogen-bond donors (Lipinski definition) is 0. The van der Waals surface area contributed by atoms with Crippen molar-refractivity contribution in [3.63, 3.8) is 0 Å². The molecule has 3 unspecified atom stereocenters. The molecule has 2 aliphatic carbocycles. The molecular formula is C13H22O. The zero-order chi connectivity index (χ0) is 10.3. The van der Waals surface area contributed by atoms with Gasteiger partial charge in [0.2, 0.25) is 0 Å². The SMILES string of the molecule is CC(=O)C1CCC2C(CCC2(C)C)C1. The molecule has 0 aliphatic heterocycles. The van der Waals surface area contributed by atoms with Crippen LogP contribution in [0.25, 0.3) is 0 Å². The molecule has 0 amide bonds. The maximum Gasteiger partial charge on any atom is 0.132 e. The highest BCUT2D eigenvalue weighted by Crippen LogP contribution is 2.53.